The molecular weight excluding hydrogens is 440 g/mol. The number of aryl methyl sites for hydroxylation is 2. The Kier molecular flexibility index (Phi) is 4.78. The first-order valence-corrected chi connectivity index (χ1v) is 11.4. The molecule has 1 aliphatic heterocycles. The van der Waals surface area contributed by atoms with Crippen LogP contribution in [0.4, 0.5) is 14.5 Å². The van der Waals surface area contributed by atoms with Gasteiger partial charge in [-0.1, -0.05) is 0 Å². The number of carbonyl (C=O) groups excluding carboxylic acids is 1. The maximum atomic E-state index is 13.6. The lowest BCUT2D eigenvalue weighted by molar-refractivity contribution is 0.0941. The molecule has 0 saturated carbocycles. The monoisotopic (exact) mass is 459 g/mol. The van der Waals surface area contributed by atoms with Crippen LogP contribution in [0.5, 0.6) is 0 Å². The third kappa shape index (κ3) is 3.21. The Hall–Kier alpha value is -2.85. The van der Waals surface area contributed by atoms with Crippen LogP contribution in [0.2, 0.25) is 0 Å². The van der Waals surface area contributed by atoms with Crippen LogP contribution < -0.4 is 10.6 Å². The summed E-state index contributed by atoms with van der Waals surface area (Å²) in [6.07, 6.45) is -1.42. The maximum Gasteiger partial charge on any atom is 0.280 e. The summed E-state index contributed by atoms with van der Waals surface area (Å²) in [6, 6.07) is 5.39. The molecule has 5 rings (SSSR count). The van der Waals surface area contributed by atoms with Crippen LogP contribution in [0.3, 0.4) is 0 Å². The van der Waals surface area contributed by atoms with Gasteiger partial charge in [0.1, 0.15) is 21.6 Å². The molecule has 2 N–H and O–H groups in total. The third-order valence-corrected chi connectivity index (χ3v) is 7.56. The van der Waals surface area contributed by atoms with Crippen LogP contribution in [0, 0.1) is 13.8 Å². The lowest BCUT2D eigenvalue weighted by Crippen LogP contribution is -2.37. The van der Waals surface area contributed by atoms with Gasteiger partial charge in [0.2, 0.25) is 0 Å². The number of thiophene rings is 2. The Labute approximate surface area is 184 Å². The van der Waals surface area contributed by atoms with E-state index in [1.807, 2.05) is 37.6 Å². The van der Waals surface area contributed by atoms with E-state index >= 15 is 0 Å². The number of rotatable bonds is 4. The van der Waals surface area contributed by atoms with Crippen molar-refractivity contribution in [1.29, 1.82) is 0 Å². The highest BCUT2D eigenvalue weighted by molar-refractivity contribution is 7.21. The molecule has 1 amide bonds. The molecule has 0 aromatic carbocycles. The molecule has 31 heavy (non-hydrogen) atoms. The predicted molar refractivity (Wildman–Crippen MR) is 119 cm³/mol. The first-order chi connectivity index (χ1) is 14.9. The number of alkyl halides is 2. The fourth-order valence-corrected chi connectivity index (χ4v) is 5.85. The van der Waals surface area contributed by atoms with Gasteiger partial charge in [0.25, 0.3) is 12.3 Å². The van der Waals surface area contributed by atoms with E-state index < -0.39 is 12.6 Å². The first kappa shape index (κ1) is 20.1. The van der Waals surface area contributed by atoms with Gasteiger partial charge >= 0.3 is 0 Å². The van der Waals surface area contributed by atoms with Crippen LogP contribution in [0.25, 0.3) is 21.3 Å². The van der Waals surface area contributed by atoms with E-state index in [-0.39, 0.29) is 11.6 Å². The zero-order valence-electron chi connectivity index (χ0n) is 17.0. The average molecular weight is 460 g/mol. The number of amides is 1. The van der Waals surface area contributed by atoms with Gasteiger partial charge in [-0.15, -0.1) is 22.7 Å². The SMILES string of the molecule is CCn1ncc(-c2cc(C(F)F)nc3sc4c(c23)NC(c2ccc(C)s2)NC4=O)c1C. The van der Waals surface area contributed by atoms with E-state index in [0.29, 0.717) is 32.9 Å². The van der Waals surface area contributed by atoms with Gasteiger partial charge < -0.3 is 10.6 Å². The summed E-state index contributed by atoms with van der Waals surface area (Å²) in [5, 5.41) is 11.4. The molecule has 160 valence electrons. The van der Waals surface area contributed by atoms with Crippen molar-refractivity contribution in [2.24, 2.45) is 0 Å². The molecule has 0 bridgehead atoms. The Bertz CT molecular complexity index is 1320. The third-order valence-electron chi connectivity index (χ3n) is 5.41. The molecule has 0 fully saturated rings. The number of anilines is 1. The van der Waals surface area contributed by atoms with Crippen molar-refractivity contribution in [2.45, 2.75) is 39.9 Å². The van der Waals surface area contributed by atoms with Crippen molar-refractivity contribution in [3.8, 4) is 11.1 Å². The molecule has 1 atom stereocenters. The van der Waals surface area contributed by atoms with E-state index in [9.17, 15) is 13.6 Å². The highest BCUT2D eigenvalue weighted by Gasteiger charge is 2.32. The standard InChI is InChI=1S/C21H19F2N5OS2/c1-4-28-10(3)12(8-24-28)11-7-13(18(22)23)25-21-15(11)16-17(31-21)20(29)27-19(26-16)14-6-5-9(2)30-14/h5-8,18-19,26H,4H2,1-3H3,(H,27,29). The zero-order chi connectivity index (χ0) is 21.9. The van der Waals surface area contributed by atoms with E-state index in [4.69, 9.17) is 0 Å². The zero-order valence-corrected chi connectivity index (χ0v) is 18.6. The summed E-state index contributed by atoms with van der Waals surface area (Å²) in [6.45, 7) is 6.56. The second-order valence-electron chi connectivity index (χ2n) is 7.34. The van der Waals surface area contributed by atoms with Crippen LogP contribution in [0.1, 0.15) is 50.3 Å². The molecule has 0 aliphatic carbocycles. The summed E-state index contributed by atoms with van der Waals surface area (Å²) < 4.78 is 29.1. The van der Waals surface area contributed by atoms with Crippen LogP contribution in [-0.4, -0.2) is 20.7 Å². The molecule has 1 aliphatic rings. The Morgan fingerprint density at radius 1 is 1.19 bits per heavy atom. The van der Waals surface area contributed by atoms with E-state index in [1.165, 1.54) is 6.07 Å². The van der Waals surface area contributed by atoms with Gasteiger partial charge in [-0.25, -0.2) is 13.8 Å². The Morgan fingerprint density at radius 2 is 2.00 bits per heavy atom. The summed E-state index contributed by atoms with van der Waals surface area (Å²) in [5.41, 5.74) is 2.56. The molecule has 4 aromatic rings. The number of fused-ring (bicyclic) bond motifs is 3. The van der Waals surface area contributed by atoms with Crippen LogP contribution >= 0.6 is 22.7 Å². The van der Waals surface area contributed by atoms with E-state index in [1.54, 1.807) is 17.5 Å². The molecule has 10 heteroatoms. The number of hydrogen-bond donors (Lipinski definition) is 2. The number of carbonyl (C=O) groups is 1. The van der Waals surface area contributed by atoms with Crippen molar-refractivity contribution in [3.63, 3.8) is 0 Å². The summed E-state index contributed by atoms with van der Waals surface area (Å²) >= 11 is 2.72. The number of nitrogens with one attached hydrogen (secondary N) is 2. The fourth-order valence-electron chi connectivity index (χ4n) is 3.90. The van der Waals surface area contributed by atoms with Gasteiger partial charge in [-0.05, 0) is 44.5 Å². The van der Waals surface area contributed by atoms with Crippen molar-refractivity contribution in [1.82, 2.24) is 20.1 Å². The molecule has 0 spiro atoms. The van der Waals surface area contributed by atoms with Crippen molar-refractivity contribution in [3.05, 3.63) is 50.4 Å². The largest absolute Gasteiger partial charge is 0.359 e. The van der Waals surface area contributed by atoms with Crippen molar-refractivity contribution >= 4 is 44.5 Å². The minimum Gasteiger partial charge on any atom is -0.359 e. The average Bonchev–Trinajstić information content (AvgIpc) is 3.44. The lowest BCUT2D eigenvalue weighted by Gasteiger charge is -2.25. The summed E-state index contributed by atoms with van der Waals surface area (Å²) in [5.74, 6) is -0.238. The summed E-state index contributed by atoms with van der Waals surface area (Å²) in [4.78, 5) is 20.1. The molecule has 0 saturated heterocycles. The highest BCUT2D eigenvalue weighted by atomic mass is 32.1. The van der Waals surface area contributed by atoms with Crippen molar-refractivity contribution < 1.29 is 13.6 Å². The van der Waals surface area contributed by atoms with Crippen molar-refractivity contribution in [2.75, 3.05) is 5.32 Å². The smallest absolute Gasteiger partial charge is 0.280 e. The lowest BCUT2D eigenvalue weighted by atomic mass is 10.0. The highest BCUT2D eigenvalue weighted by Crippen LogP contribution is 2.45. The second-order valence-corrected chi connectivity index (χ2v) is 9.66. The Morgan fingerprint density at radius 3 is 2.65 bits per heavy atom. The van der Waals surface area contributed by atoms with Gasteiger partial charge in [-0.2, -0.15) is 5.10 Å². The van der Waals surface area contributed by atoms with Gasteiger partial charge in [0.05, 0.1) is 11.9 Å². The van der Waals surface area contributed by atoms with Crippen LogP contribution in [-0.2, 0) is 6.54 Å². The summed E-state index contributed by atoms with van der Waals surface area (Å²) in [7, 11) is 0. The van der Waals surface area contributed by atoms with Gasteiger partial charge in [-0.3, -0.25) is 9.48 Å². The maximum absolute atomic E-state index is 13.6. The molecule has 5 heterocycles. The molecule has 4 aromatic heterocycles. The van der Waals surface area contributed by atoms with E-state index in [0.717, 1.165) is 32.3 Å². The fraction of sp³-hybridized carbons (Fsp3) is 0.286. The number of pyridine rings is 1. The van der Waals surface area contributed by atoms with Gasteiger partial charge in [0.15, 0.2) is 0 Å². The second kappa shape index (κ2) is 7.38. The number of halogens is 2. The predicted octanol–water partition coefficient (Wildman–Crippen LogP) is 5.65. The van der Waals surface area contributed by atoms with Crippen LogP contribution in [0.15, 0.2) is 24.4 Å². The normalized spacial score (nSPS) is 15.9. The van der Waals surface area contributed by atoms with Gasteiger partial charge in [0, 0.05) is 32.9 Å². The minimum absolute atomic E-state index is 0.238. The van der Waals surface area contributed by atoms with E-state index in [2.05, 4.69) is 20.7 Å². The Balaban J connectivity index is 1.75. The molecule has 1 unspecified atom stereocenters. The molecular formula is C21H19F2N5OS2. The number of hydrogen-bond acceptors (Lipinski definition) is 6. The number of aromatic nitrogens is 3. The topological polar surface area (TPSA) is 71.8 Å². The molecule has 6 nitrogen and oxygen atoms in total. The first-order valence-electron chi connectivity index (χ1n) is 9.79. The molecule has 0 radical (unpaired) electrons. The number of nitrogens with zero attached hydrogens (tertiary/aromatic N) is 3. The minimum atomic E-state index is -2.72. The quantitative estimate of drug-likeness (QED) is 0.414.